The fourth-order valence-corrected chi connectivity index (χ4v) is 5.37. The van der Waals surface area contributed by atoms with E-state index < -0.39 is 18.6 Å². The summed E-state index contributed by atoms with van der Waals surface area (Å²) in [5, 5.41) is 5.55. The lowest BCUT2D eigenvalue weighted by Gasteiger charge is -2.32. The summed E-state index contributed by atoms with van der Waals surface area (Å²) in [5.74, 6) is -1.16. The van der Waals surface area contributed by atoms with Crippen LogP contribution in [0.4, 0.5) is 20.2 Å². The second-order valence-electron chi connectivity index (χ2n) is 9.80. The normalized spacial score (nSPS) is 16.6. The molecule has 13 heteroatoms. The van der Waals surface area contributed by atoms with Gasteiger partial charge in [0.1, 0.15) is 12.6 Å². The highest BCUT2D eigenvalue weighted by atomic mass is 35.5. The zero-order valence-electron chi connectivity index (χ0n) is 21.6. The average Bonchev–Trinajstić information content (AvgIpc) is 3.63. The highest BCUT2D eigenvalue weighted by molar-refractivity contribution is 7.18. The SMILES string of the molecule is CC(C)CN(C1CC1)[C@H](CNC(=O)c1ccc(Cl)s1)C(=O)Nc1ccc(N2CCOCC2=O)cc1OC(F)F. The molecule has 1 saturated carbocycles. The zero-order chi connectivity index (χ0) is 28.1. The van der Waals surface area contributed by atoms with Gasteiger partial charge in [-0.2, -0.15) is 8.78 Å². The Morgan fingerprint density at radius 2 is 2.03 bits per heavy atom. The monoisotopic (exact) mass is 584 g/mol. The first-order valence-corrected chi connectivity index (χ1v) is 13.9. The molecule has 2 fully saturated rings. The van der Waals surface area contributed by atoms with Gasteiger partial charge in [0.15, 0.2) is 5.75 Å². The average molecular weight is 585 g/mol. The number of carbonyl (C=O) groups excluding carboxylic acids is 3. The van der Waals surface area contributed by atoms with Crippen molar-refractivity contribution in [2.24, 2.45) is 5.92 Å². The lowest BCUT2D eigenvalue weighted by molar-refractivity contribution is -0.125. The van der Waals surface area contributed by atoms with Crippen molar-refractivity contribution in [2.45, 2.75) is 45.4 Å². The van der Waals surface area contributed by atoms with E-state index in [9.17, 15) is 23.2 Å². The molecule has 0 bridgehead atoms. The molecule has 2 heterocycles. The maximum Gasteiger partial charge on any atom is 0.387 e. The third kappa shape index (κ3) is 7.87. The maximum absolute atomic E-state index is 13.7. The molecule has 1 aromatic carbocycles. The van der Waals surface area contributed by atoms with Crippen molar-refractivity contribution in [3.63, 3.8) is 0 Å². The van der Waals surface area contributed by atoms with Crippen LogP contribution in [-0.2, 0) is 14.3 Å². The summed E-state index contributed by atoms with van der Waals surface area (Å²) >= 11 is 7.09. The summed E-state index contributed by atoms with van der Waals surface area (Å²) in [7, 11) is 0. The molecule has 1 atom stereocenters. The van der Waals surface area contributed by atoms with Crippen LogP contribution in [0.3, 0.4) is 0 Å². The lowest BCUT2D eigenvalue weighted by Crippen LogP contribution is -2.52. The number of benzene rings is 1. The molecule has 0 radical (unpaired) electrons. The minimum Gasteiger partial charge on any atom is -0.433 e. The van der Waals surface area contributed by atoms with Crippen LogP contribution in [0.5, 0.6) is 5.75 Å². The van der Waals surface area contributed by atoms with E-state index in [4.69, 9.17) is 21.1 Å². The molecule has 1 aliphatic carbocycles. The number of morpholine rings is 1. The Hall–Kier alpha value is -2.80. The number of carbonyl (C=O) groups is 3. The number of nitrogens with one attached hydrogen (secondary N) is 2. The van der Waals surface area contributed by atoms with E-state index in [2.05, 4.69) is 15.5 Å². The van der Waals surface area contributed by atoms with Gasteiger partial charge in [-0.25, -0.2) is 0 Å². The fourth-order valence-electron chi connectivity index (χ4n) is 4.41. The van der Waals surface area contributed by atoms with Gasteiger partial charge in [-0.15, -0.1) is 11.3 Å². The van der Waals surface area contributed by atoms with Crippen molar-refractivity contribution in [3.05, 3.63) is 39.5 Å². The van der Waals surface area contributed by atoms with Crippen LogP contribution in [0.2, 0.25) is 4.34 Å². The molecule has 2 N–H and O–H groups in total. The number of ether oxygens (including phenoxy) is 2. The number of rotatable bonds is 12. The van der Waals surface area contributed by atoms with Crippen LogP contribution in [0.25, 0.3) is 0 Å². The van der Waals surface area contributed by atoms with Crippen LogP contribution in [0, 0.1) is 5.92 Å². The van der Waals surface area contributed by atoms with E-state index in [0.29, 0.717) is 28.1 Å². The van der Waals surface area contributed by atoms with Crippen molar-refractivity contribution in [1.82, 2.24) is 10.2 Å². The maximum atomic E-state index is 13.7. The van der Waals surface area contributed by atoms with Gasteiger partial charge in [0, 0.05) is 37.4 Å². The third-order valence-electron chi connectivity index (χ3n) is 6.28. The second kappa shape index (κ2) is 13.0. The molecule has 9 nitrogen and oxygen atoms in total. The van der Waals surface area contributed by atoms with E-state index in [0.717, 1.165) is 24.2 Å². The van der Waals surface area contributed by atoms with Gasteiger partial charge in [0.2, 0.25) is 5.91 Å². The van der Waals surface area contributed by atoms with E-state index >= 15 is 0 Å². The number of halogens is 3. The van der Waals surface area contributed by atoms with E-state index in [-0.39, 0.29) is 54.9 Å². The Morgan fingerprint density at radius 3 is 2.64 bits per heavy atom. The van der Waals surface area contributed by atoms with Crippen molar-refractivity contribution in [1.29, 1.82) is 0 Å². The molecule has 39 heavy (non-hydrogen) atoms. The molecule has 1 aromatic heterocycles. The Kier molecular flexibility index (Phi) is 9.76. The number of alkyl halides is 2. The van der Waals surface area contributed by atoms with Gasteiger partial charge in [-0.05, 0) is 43.0 Å². The fraction of sp³-hybridized carbons (Fsp3) is 0.500. The molecule has 0 spiro atoms. The number of hydrogen-bond acceptors (Lipinski definition) is 7. The predicted molar refractivity (Wildman–Crippen MR) is 145 cm³/mol. The number of thiophene rings is 1. The predicted octanol–water partition coefficient (Wildman–Crippen LogP) is 4.22. The van der Waals surface area contributed by atoms with Crippen molar-refractivity contribution in [3.8, 4) is 5.75 Å². The Morgan fingerprint density at radius 1 is 1.26 bits per heavy atom. The van der Waals surface area contributed by atoms with Crippen LogP contribution < -0.4 is 20.3 Å². The van der Waals surface area contributed by atoms with Gasteiger partial charge in [0.05, 0.1) is 21.5 Å². The highest BCUT2D eigenvalue weighted by Crippen LogP contribution is 2.34. The second-order valence-corrected chi connectivity index (χ2v) is 11.5. The summed E-state index contributed by atoms with van der Waals surface area (Å²) < 4.78 is 36.9. The molecule has 2 aromatic rings. The Labute approximate surface area is 234 Å². The van der Waals surface area contributed by atoms with Crippen molar-refractivity contribution < 1.29 is 32.6 Å². The third-order valence-corrected chi connectivity index (χ3v) is 7.51. The van der Waals surface area contributed by atoms with Crippen molar-refractivity contribution >= 4 is 52.0 Å². The number of anilines is 2. The quantitative estimate of drug-likeness (QED) is 0.387. The van der Waals surface area contributed by atoms with E-state index in [1.165, 1.54) is 17.0 Å². The molecule has 4 rings (SSSR count). The van der Waals surface area contributed by atoms with E-state index in [1.54, 1.807) is 18.2 Å². The summed E-state index contributed by atoms with van der Waals surface area (Å²) in [5.41, 5.74) is 0.390. The standard InChI is InChI=1S/C26H31ClF2N4O5S/c1-15(2)13-33(16-3-4-16)19(12-30-25(36)21-7-8-22(27)39-21)24(35)31-18-6-5-17(11-20(18)38-26(28)29)32-9-10-37-14-23(32)34/h5-8,11,15-16,19,26H,3-4,9-10,12-14H2,1-2H3,(H,30,36)(H,31,35)/t19-/m1/s1. The number of nitrogens with zero attached hydrogens (tertiary/aromatic N) is 2. The molecular weight excluding hydrogens is 554 g/mol. The molecule has 0 unspecified atom stereocenters. The zero-order valence-corrected chi connectivity index (χ0v) is 23.2. The van der Waals surface area contributed by atoms with Crippen LogP contribution in [-0.4, -0.2) is 74.2 Å². The minimum absolute atomic E-state index is 0.00874. The summed E-state index contributed by atoms with van der Waals surface area (Å²) in [4.78, 5) is 42.5. The Bertz CT molecular complexity index is 1190. The first-order valence-electron chi connectivity index (χ1n) is 12.7. The summed E-state index contributed by atoms with van der Waals surface area (Å²) in [6.45, 7) is 2.02. The number of hydrogen-bond donors (Lipinski definition) is 2. The van der Waals surface area contributed by atoms with Crippen LogP contribution in [0.15, 0.2) is 30.3 Å². The highest BCUT2D eigenvalue weighted by Gasteiger charge is 2.38. The Balaban J connectivity index is 1.56. The molecular formula is C26H31ClF2N4O5S. The number of amides is 3. The van der Waals surface area contributed by atoms with Gasteiger partial charge >= 0.3 is 6.61 Å². The van der Waals surface area contributed by atoms with Crippen LogP contribution >= 0.6 is 22.9 Å². The smallest absolute Gasteiger partial charge is 0.387 e. The largest absolute Gasteiger partial charge is 0.433 e. The van der Waals surface area contributed by atoms with Gasteiger partial charge < -0.3 is 25.0 Å². The molecule has 212 valence electrons. The van der Waals surface area contributed by atoms with E-state index in [1.807, 2.05) is 13.8 Å². The first kappa shape index (κ1) is 29.2. The summed E-state index contributed by atoms with van der Waals surface area (Å²) in [6.07, 6.45) is 1.85. The molecule has 3 amide bonds. The van der Waals surface area contributed by atoms with Gasteiger partial charge in [0.25, 0.3) is 11.8 Å². The molecule has 1 aliphatic heterocycles. The lowest BCUT2D eigenvalue weighted by atomic mass is 10.1. The molecule has 1 saturated heterocycles. The van der Waals surface area contributed by atoms with Crippen molar-refractivity contribution in [2.75, 3.05) is 43.1 Å². The first-order chi connectivity index (χ1) is 18.6. The topological polar surface area (TPSA) is 100 Å². The minimum atomic E-state index is -3.15. The summed E-state index contributed by atoms with van der Waals surface area (Å²) in [6, 6.07) is 6.94. The van der Waals surface area contributed by atoms with Gasteiger partial charge in [-0.3, -0.25) is 19.3 Å². The van der Waals surface area contributed by atoms with Gasteiger partial charge in [-0.1, -0.05) is 25.4 Å². The van der Waals surface area contributed by atoms with Crippen LogP contribution in [0.1, 0.15) is 36.4 Å². The molecule has 2 aliphatic rings.